The molecule has 104 valence electrons. The second-order valence-corrected chi connectivity index (χ2v) is 5.08. The van der Waals surface area contributed by atoms with E-state index in [1.54, 1.807) is 18.2 Å². The number of nitrogens with zero attached hydrogens (tertiary/aromatic N) is 2. The molecule has 1 unspecified atom stereocenters. The Hall–Kier alpha value is -2.04. The van der Waals surface area contributed by atoms with Gasteiger partial charge in [-0.15, -0.1) is 0 Å². The van der Waals surface area contributed by atoms with Crippen LogP contribution in [-0.2, 0) is 11.2 Å². The molecule has 4 nitrogen and oxygen atoms in total. The molecule has 1 fully saturated rings. The van der Waals surface area contributed by atoms with E-state index in [0.29, 0.717) is 23.7 Å². The monoisotopic (exact) mass is 274 g/mol. The maximum Gasteiger partial charge on any atom is 0.237 e. The van der Waals surface area contributed by atoms with Gasteiger partial charge in [0.15, 0.2) is 5.82 Å². The van der Waals surface area contributed by atoms with Gasteiger partial charge in [0.25, 0.3) is 0 Å². The molecule has 20 heavy (non-hydrogen) atoms. The van der Waals surface area contributed by atoms with Gasteiger partial charge in [-0.25, -0.2) is 4.39 Å². The normalized spacial score (nSPS) is 19.2. The number of hydrogen-bond donors (Lipinski definition) is 0. The molecule has 0 saturated heterocycles. The van der Waals surface area contributed by atoms with E-state index in [-0.39, 0.29) is 23.9 Å². The number of rotatable bonds is 3. The van der Waals surface area contributed by atoms with Crippen LogP contribution >= 0.6 is 0 Å². The number of Topliss-reactive ketones (excluding diaryl/α,β-unsaturated/α-hetero) is 1. The minimum atomic E-state index is -0.285. The Kier molecular flexibility index (Phi) is 3.58. The van der Waals surface area contributed by atoms with Gasteiger partial charge in [-0.2, -0.15) is 4.98 Å². The van der Waals surface area contributed by atoms with Crippen molar-refractivity contribution < 1.29 is 13.7 Å². The molecule has 1 aliphatic rings. The lowest BCUT2D eigenvalue weighted by molar-refractivity contribution is -0.122. The minimum Gasteiger partial charge on any atom is -0.339 e. The van der Waals surface area contributed by atoms with E-state index in [9.17, 15) is 9.18 Å². The lowest BCUT2D eigenvalue weighted by atomic mass is 9.88. The maximum absolute atomic E-state index is 13.6. The molecule has 1 aromatic carbocycles. The topological polar surface area (TPSA) is 56.0 Å². The zero-order valence-electron chi connectivity index (χ0n) is 11.0. The van der Waals surface area contributed by atoms with Crippen molar-refractivity contribution in [1.82, 2.24) is 10.1 Å². The van der Waals surface area contributed by atoms with Crippen LogP contribution in [0.5, 0.6) is 0 Å². The molecule has 0 radical (unpaired) electrons. The zero-order chi connectivity index (χ0) is 13.9. The first-order chi connectivity index (χ1) is 9.74. The van der Waals surface area contributed by atoms with Gasteiger partial charge >= 0.3 is 0 Å². The van der Waals surface area contributed by atoms with E-state index < -0.39 is 0 Å². The van der Waals surface area contributed by atoms with Crippen molar-refractivity contribution in [3.05, 3.63) is 47.4 Å². The van der Waals surface area contributed by atoms with E-state index in [2.05, 4.69) is 10.1 Å². The van der Waals surface area contributed by atoms with Crippen molar-refractivity contribution in [2.75, 3.05) is 0 Å². The predicted octanol–water partition coefficient (Wildman–Crippen LogP) is 3.03. The first kappa shape index (κ1) is 13.0. The quantitative estimate of drug-likeness (QED) is 0.863. The molecule has 1 aliphatic carbocycles. The second kappa shape index (κ2) is 5.53. The number of benzene rings is 1. The van der Waals surface area contributed by atoms with Crippen LogP contribution in [0, 0.1) is 5.82 Å². The minimum absolute atomic E-state index is 0.164. The summed E-state index contributed by atoms with van der Waals surface area (Å²) in [5.74, 6) is 0.403. The maximum atomic E-state index is 13.6. The molecule has 0 aliphatic heterocycles. The van der Waals surface area contributed by atoms with Gasteiger partial charge in [0.05, 0.1) is 5.92 Å². The molecule has 1 saturated carbocycles. The fourth-order valence-electron chi connectivity index (χ4n) is 2.54. The van der Waals surface area contributed by atoms with Gasteiger partial charge in [-0.05, 0) is 24.5 Å². The molecule has 1 aromatic heterocycles. The smallest absolute Gasteiger partial charge is 0.237 e. The van der Waals surface area contributed by atoms with Crippen molar-refractivity contribution in [2.24, 2.45) is 0 Å². The second-order valence-electron chi connectivity index (χ2n) is 5.08. The molecule has 0 spiro atoms. The van der Waals surface area contributed by atoms with E-state index in [1.807, 2.05) is 0 Å². The highest BCUT2D eigenvalue weighted by atomic mass is 19.1. The summed E-state index contributed by atoms with van der Waals surface area (Å²) in [4.78, 5) is 16.1. The van der Waals surface area contributed by atoms with Gasteiger partial charge in [0.2, 0.25) is 5.89 Å². The Bertz CT molecular complexity index is 624. The molecule has 1 heterocycles. The summed E-state index contributed by atoms with van der Waals surface area (Å²) in [5.41, 5.74) is 0.523. The molecule has 1 atom stereocenters. The molecule has 0 amide bonds. The van der Waals surface area contributed by atoms with E-state index in [1.165, 1.54) is 6.07 Å². The highest BCUT2D eigenvalue weighted by molar-refractivity contribution is 5.85. The van der Waals surface area contributed by atoms with Gasteiger partial charge in [-0.3, -0.25) is 4.79 Å². The van der Waals surface area contributed by atoms with Crippen LogP contribution in [-0.4, -0.2) is 15.9 Å². The number of aromatic nitrogens is 2. The first-order valence-corrected chi connectivity index (χ1v) is 6.82. The third kappa shape index (κ3) is 2.61. The lowest BCUT2D eigenvalue weighted by Crippen LogP contribution is -2.17. The Labute approximate surface area is 116 Å². The summed E-state index contributed by atoms with van der Waals surface area (Å²) in [6, 6.07) is 6.50. The fourth-order valence-corrected chi connectivity index (χ4v) is 2.54. The fraction of sp³-hybridized carbons (Fsp3) is 0.400. The highest BCUT2D eigenvalue weighted by Gasteiger charge is 2.28. The van der Waals surface area contributed by atoms with Gasteiger partial charge in [-0.1, -0.05) is 29.8 Å². The zero-order valence-corrected chi connectivity index (χ0v) is 11.0. The van der Waals surface area contributed by atoms with Crippen LogP contribution in [0.2, 0.25) is 0 Å². The van der Waals surface area contributed by atoms with Crippen LogP contribution in [0.3, 0.4) is 0 Å². The SMILES string of the molecule is O=C1CCCCC1c1nc(Cc2ccccc2F)no1. The van der Waals surface area contributed by atoms with E-state index in [0.717, 1.165) is 19.3 Å². The Morgan fingerprint density at radius 2 is 2.15 bits per heavy atom. The van der Waals surface area contributed by atoms with Crippen LogP contribution in [0.15, 0.2) is 28.8 Å². The average Bonchev–Trinajstić information content (AvgIpc) is 2.90. The van der Waals surface area contributed by atoms with Crippen molar-refractivity contribution in [3.8, 4) is 0 Å². The van der Waals surface area contributed by atoms with Crippen molar-refractivity contribution >= 4 is 5.78 Å². The van der Waals surface area contributed by atoms with Crippen LogP contribution in [0.25, 0.3) is 0 Å². The summed E-state index contributed by atoms with van der Waals surface area (Å²) >= 11 is 0. The standard InChI is InChI=1S/C15H15FN2O2/c16-12-7-3-1-5-10(12)9-14-17-15(20-18-14)11-6-2-4-8-13(11)19/h1,3,5,7,11H,2,4,6,8-9H2. The molecule has 0 bridgehead atoms. The summed E-state index contributed by atoms with van der Waals surface area (Å²) in [5, 5.41) is 3.86. The van der Waals surface area contributed by atoms with Gasteiger partial charge in [0, 0.05) is 12.8 Å². The van der Waals surface area contributed by atoms with Gasteiger partial charge in [0.1, 0.15) is 11.6 Å². The van der Waals surface area contributed by atoms with Crippen LogP contribution < -0.4 is 0 Å². The summed E-state index contributed by atoms with van der Waals surface area (Å²) < 4.78 is 18.7. The third-order valence-electron chi connectivity index (χ3n) is 3.64. The largest absolute Gasteiger partial charge is 0.339 e. The number of ketones is 1. The third-order valence-corrected chi connectivity index (χ3v) is 3.64. The van der Waals surface area contributed by atoms with E-state index in [4.69, 9.17) is 4.52 Å². The number of carbonyl (C=O) groups is 1. The molecule has 3 rings (SSSR count). The Balaban J connectivity index is 1.77. The predicted molar refractivity (Wildman–Crippen MR) is 69.7 cm³/mol. The summed E-state index contributed by atoms with van der Waals surface area (Å²) in [7, 11) is 0. The van der Waals surface area contributed by atoms with E-state index >= 15 is 0 Å². The summed E-state index contributed by atoms with van der Waals surface area (Å²) in [6.45, 7) is 0. The first-order valence-electron chi connectivity index (χ1n) is 6.82. The summed E-state index contributed by atoms with van der Waals surface area (Å²) in [6.07, 6.45) is 3.56. The Morgan fingerprint density at radius 1 is 1.30 bits per heavy atom. The lowest BCUT2D eigenvalue weighted by Gasteiger charge is -2.16. The highest BCUT2D eigenvalue weighted by Crippen LogP contribution is 2.29. The molecular formula is C15H15FN2O2. The molecule has 2 aromatic rings. The average molecular weight is 274 g/mol. The Morgan fingerprint density at radius 3 is 2.95 bits per heavy atom. The van der Waals surface area contributed by atoms with Crippen molar-refractivity contribution in [2.45, 2.75) is 38.0 Å². The van der Waals surface area contributed by atoms with Crippen LogP contribution in [0.1, 0.15) is 48.9 Å². The molecular weight excluding hydrogens is 259 g/mol. The number of carbonyl (C=O) groups excluding carboxylic acids is 1. The van der Waals surface area contributed by atoms with Crippen molar-refractivity contribution in [1.29, 1.82) is 0 Å². The molecule has 0 N–H and O–H groups in total. The number of hydrogen-bond acceptors (Lipinski definition) is 4. The number of halogens is 1. The van der Waals surface area contributed by atoms with Gasteiger partial charge < -0.3 is 4.52 Å². The molecule has 5 heteroatoms. The van der Waals surface area contributed by atoms with Crippen molar-refractivity contribution in [3.63, 3.8) is 0 Å². The van der Waals surface area contributed by atoms with Crippen LogP contribution in [0.4, 0.5) is 4.39 Å².